The molecule has 0 aliphatic heterocycles. The second-order valence-corrected chi connectivity index (χ2v) is 17.2. The molecule has 0 fully saturated rings. The lowest BCUT2D eigenvalue weighted by Gasteiger charge is -2.12. The molecule has 0 N–H and O–H groups in total. The van der Waals surface area contributed by atoms with Crippen molar-refractivity contribution in [1.82, 2.24) is 24.1 Å². The van der Waals surface area contributed by atoms with Crippen molar-refractivity contribution in [3.63, 3.8) is 0 Å². The number of nitrogens with zero attached hydrogens (tertiary/aromatic N) is 5. The number of rotatable bonds is 8. The van der Waals surface area contributed by atoms with Crippen molar-refractivity contribution in [2.75, 3.05) is 0 Å². The monoisotopic (exact) mass is 867 g/mol. The third-order valence-electron chi connectivity index (χ3n) is 13.2. The van der Waals surface area contributed by atoms with Crippen molar-refractivity contribution in [3.05, 3.63) is 249 Å². The number of aromatic nitrogens is 5. The molecule has 0 radical (unpaired) electrons. The summed E-state index contributed by atoms with van der Waals surface area (Å²) in [5.41, 5.74) is 16.3. The predicted octanol–water partition coefficient (Wildman–Crippen LogP) is 16.1. The van der Waals surface area contributed by atoms with E-state index in [9.17, 15) is 0 Å². The Morgan fingerprint density at radius 1 is 0.235 bits per heavy atom. The molecule has 5 heteroatoms. The molecule has 0 aliphatic carbocycles. The molecule has 13 rings (SSSR count). The minimum absolute atomic E-state index is 0.610. The van der Waals surface area contributed by atoms with E-state index in [2.05, 4.69) is 246 Å². The van der Waals surface area contributed by atoms with E-state index in [1.54, 1.807) is 0 Å². The van der Waals surface area contributed by atoms with E-state index in [-0.39, 0.29) is 0 Å². The number of fused-ring (bicyclic) bond motifs is 6. The lowest BCUT2D eigenvalue weighted by atomic mass is 9.99. The first-order valence-electron chi connectivity index (χ1n) is 23.0. The van der Waals surface area contributed by atoms with Crippen LogP contribution in [0.25, 0.3) is 123 Å². The van der Waals surface area contributed by atoms with Crippen molar-refractivity contribution >= 4 is 43.6 Å². The first kappa shape index (κ1) is 39.2. The highest BCUT2D eigenvalue weighted by atomic mass is 15.0. The Hall–Kier alpha value is -9.19. The van der Waals surface area contributed by atoms with E-state index < -0.39 is 0 Å². The summed E-state index contributed by atoms with van der Waals surface area (Å²) in [6.45, 7) is 0. The van der Waals surface area contributed by atoms with Crippen LogP contribution >= 0.6 is 0 Å². The second-order valence-electron chi connectivity index (χ2n) is 17.2. The topological polar surface area (TPSA) is 48.5 Å². The molecule has 0 amide bonds. The van der Waals surface area contributed by atoms with Gasteiger partial charge in [-0.05, 0) is 106 Å². The molecular formula is C63H41N5. The van der Waals surface area contributed by atoms with E-state index in [1.807, 2.05) is 12.1 Å². The normalized spacial score (nSPS) is 11.5. The Labute approximate surface area is 393 Å². The van der Waals surface area contributed by atoms with Gasteiger partial charge >= 0.3 is 0 Å². The van der Waals surface area contributed by atoms with Crippen LogP contribution in [-0.4, -0.2) is 24.1 Å². The Kier molecular flexibility index (Phi) is 9.43. The molecule has 0 aliphatic rings. The van der Waals surface area contributed by atoms with Crippen LogP contribution < -0.4 is 0 Å². The van der Waals surface area contributed by atoms with Crippen LogP contribution in [0.2, 0.25) is 0 Å². The van der Waals surface area contributed by atoms with Gasteiger partial charge in [0, 0.05) is 49.6 Å². The zero-order valence-electron chi connectivity index (χ0n) is 36.9. The van der Waals surface area contributed by atoms with Crippen molar-refractivity contribution in [3.8, 4) is 78.9 Å². The van der Waals surface area contributed by atoms with Crippen LogP contribution in [0.3, 0.4) is 0 Å². The summed E-state index contributed by atoms with van der Waals surface area (Å²) < 4.78 is 4.73. The number of para-hydroxylation sites is 3. The van der Waals surface area contributed by atoms with Crippen LogP contribution in [0.15, 0.2) is 249 Å². The van der Waals surface area contributed by atoms with Crippen LogP contribution in [0.4, 0.5) is 0 Å². The van der Waals surface area contributed by atoms with E-state index >= 15 is 0 Å². The van der Waals surface area contributed by atoms with Crippen LogP contribution in [0.1, 0.15) is 0 Å². The highest BCUT2D eigenvalue weighted by Crippen LogP contribution is 2.42. The van der Waals surface area contributed by atoms with Crippen molar-refractivity contribution < 1.29 is 0 Å². The third-order valence-corrected chi connectivity index (χ3v) is 13.2. The molecule has 0 atom stereocenters. The van der Waals surface area contributed by atoms with Gasteiger partial charge in [-0.2, -0.15) is 0 Å². The average Bonchev–Trinajstić information content (AvgIpc) is 3.94. The number of hydrogen-bond donors (Lipinski definition) is 0. The quantitative estimate of drug-likeness (QED) is 0.153. The first-order valence-corrected chi connectivity index (χ1v) is 23.0. The van der Waals surface area contributed by atoms with Crippen LogP contribution in [0.5, 0.6) is 0 Å². The minimum atomic E-state index is 0.610. The SMILES string of the molecule is c1ccc(-c2cccc(-c3nc(-c4cccc(-c5ccccc5)c4)nc(-c4cccc5c4c4cc(-c6ccc7c(c6)c6ccccc6n7-c6ccccc6)ccc4n5-c4ccccc4)n3)c2)cc1. The van der Waals surface area contributed by atoms with Gasteiger partial charge in [0.05, 0.1) is 22.1 Å². The molecule has 68 heavy (non-hydrogen) atoms. The summed E-state index contributed by atoms with van der Waals surface area (Å²) in [6, 6.07) is 88.2. The lowest BCUT2D eigenvalue weighted by molar-refractivity contribution is 1.08. The molecule has 0 saturated heterocycles. The fourth-order valence-corrected chi connectivity index (χ4v) is 9.99. The number of hydrogen-bond acceptors (Lipinski definition) is 3. The molecule has 0 saturated carbocycles. The third kappa shape index (κ3) is 6.76. The highest BCUT2D eigenvalue weighted by molar-refractivity contribution is 6.17. The van der Waals surface area contributed by atoms with Gasteiger partial charge in [0.2, 0.25) is 0 Å². The van der Waals surface area contributed by atoms with Gasteiger partial charge in [0.15, 0.2) is 17.5 Å². The maximum atomic E-state index is 5.39. The van der Waals surface area contributed by atoms with Crippen molar-refractivity contribution in [2.45, 2.75) is 0 Å². The fraction of sp³-hybridized carbons (Fsp3) is 0. The summed E-state index contributed by atoms with van der Waals surface area (Å²) in [4.78, 5) is 16.0. The van der Waals surface area contributed by atoms with Crippen molar-refractivity contribution in [1.29, 1.82) is 0 Å². The second kappa shape index (κ2) is 16.4. The Morgan fingerprint density at radius 2 is 0.632 bits per heavy atom. The Balaban J connectivity index is 1.04. The molecule has 0 unspecified atom stereocenters. The fourth-order valence-electron chi connectivity index (χ4n) is 9.99. The van der Waals surface area contributed by atoms with E-state index in [0.717, 1.165) is 83.3 Å². The first-order chi connectivity index (χ1) is 33.7. The average molecular weight is 868 g/mol. The van der Waals surface area contributed by atoms with Crippen LogP contribution in [-0.2, 0) is 0 Å². The van der Waals surface area contributed by atoms with Crippen LogP contribution in [0, 0.1) is 0 Å². The molecule has 0 spiro atoms. The largest absolute Gasteiger partial charge is 0.309 e. The maximum Gasteiger partial charge on any atom is 0.164 e. The zero-order valence-corrected chi connectivity index (χ0v) is 36.9. The Bertz CT molecular complexity index is 3900. The van der Waals surface area contributed by atoms with E-state index in [1.165, 1.54) is 21.8 Å². The Morgan fingerprint density at radius 3 is 1.22 bits per heavy atom. The summed E-state index contributed by atoms with van der Waals surface area (Å²) in [5, 5.41) is 4.63. The summed E-state index contributed by atoms with van der Waals surface area (Å²) in [6.07, 6.45) is 0. The zero-order chi connectivity index (χ0) is 45.0. The molecule has 3 heterocycles. The number of benzene rings is 10. The van der Waals surface area contributed by atoms with Gasteiger partial charge in [0.1, 0.15) is 0 Å². The van der Waals surface area contributed by atoms with Gasteiger partial charge in [0.25, 0.3) is 0 Å². The molecule has 5 nitrogen and oxygen atoms in total. The van der Waals surface area contributed by atoms with Crippen molar-refractivity contribution in [2.24, 2.45) is 0 Å². The van der Waals surface area contributed by atoms with Gasteiger partial charge in [-0.3, -0.25) is 0 Å². The molecular weight excluding hydrogens is 827 g/mol. The summed E-state index contributed by atoms with van der Waals surface area (Å²) in [7, 11) is 0. The predicted molar refractivity (Wildman–Crippen MR) is 281 cm³/mol. The molecule has 318 valence electrons. The highest BCUT2D eigenvalue weighted by Gasteiger charge is 2.21. The maximum absolute atomic E-state index is 5.39. The van der Waals surface area contributed by atoms with Gasteiger partial charge < -0.3 is 9.13 Å². The molecule has 13 aromatic rings. The van der Waals surface area contributed by atoms with Gasteiger partial charge in [-0.25, -0.2) is 15.0 Å². The van der Waals surface area contributed by atoms with Gasteiger partial charge in [-0.15, -0.1) is 0 Å². The molecule has 0 bridgehead atoms. The lowest BCUT2D eigenvalue weighted by Crippen LogP contribution is -2.01. The summed E-state index contributed by atoms with van der Waals surface area (Å²) >= 11 is 0. The smallest absolute Gasteiger partial charge is 0.164 e. The standard InChI is InChI=1S/C63H41N5/c1-5-18-42(19-6-1)44-22-15-24-48(38-44)61-64-62(49-25-16-23-45(39-49)43-20-7-2-8-21-43)66-63(65-61)53-31-17-33-59-60(53)55-41-47(35-37-58(55)68(59)51-28-11-4-12-29-51)46-34-36-57-54(40-46)52-30-13-14-32-56(52)67(57)50-26-9-3-10-27-50/h1-41H. The minimum Gasteiger partial charge on any atom is -0.309 e. The van der Waals surface area contributed by atoms with Gasteiger partial charge in [-0.1, -0.05) is 176 Å². The van der Waals surface area contributed by atoms with E-state index in [4.69, 9.17) is 15.0 Å². The molecule has 3 aromatic heterocycles. The summed E-state index contributed by atoms with van der Waals surface area (Å²) in [5.74, 6) is 1.83. The molecule has 10 aromatic carbocycles. The van der Waals surface area contributed by atoms with E-state index in [0.29, 0.717) is 17.5 Å².